The van der Waals surface area contributed by atoms with Crippen LogP contribution in [0, 0.1) is 6.92 Å². The molecule has 0 amide bonds. The lowest BCUT2D eigenvalue weighted by Gasteiger charge is -2.20. The van der Waals surface area contributed by atoms with Crippen molar-refractivity contribution >= 4 is 35.6 Å². The first-order valence-corrected chi connectivity index (χ1v) is 9.10. The monoisotopic (exact) mass is 480 g/mol. The lowest BCUT2D eigenvalue weighted by molar-refractivity contribution is 0.411. The van der Waals surface area contributed by atoms with Gasteiger partial charge in [-0.15, -0.1) is 24.0 Å². The fourth-order valence-electron chi connectivity index (χ4n) is 3.30. The molecule has 1 saturated heterocycles. The Hall–Kier alpha value is -1.96. The Balaban J connectivity index is 0.00000261. The van der Waals surface area contributed by atoms with Crippen molar-refractivity contribution in [3.63, 3.8) is 0 Å². The highest BCUT2D eigenvalue weighted by molar-refractivity contribution is 14.0. The first kappa shape index (κ1) is 21.3. The van der Waals surface area contributed by atoms with Crippen molar-refractivity contribution in [3.8, 4) is 5.75 Å². The minimum atomic E-state index is 0. The van der Waals surface area contributed by atoms with Crippen molar-refractivity contribution in [1.29, 1.82) is 0 Å². The Morgan fingerprint density at radius 3 is 2.70 bits per heavy atom. The first-order valence-electron chi connectivity index (χ1n) is 9.10. The van der Waals surface area contributed by atoms with Crippen molar-refractivity contribution < 1.29 is 4.74 Å². The second-order valence-electron chi connectivity index (χ2n) is 6.64. The Bertz CT molecular complexity index is 751. The predicted molar refractivity (Wildman–Crippen MR) is 124 cm³/mol. The van der Waals surface area contributed by atoms with Crippen LogP contribution in [0.4, 0.5) is 5.69 Å². The van der Waals surface area contributed by atoms with Gasteiger partial charge in [-0.05, 0) is 42.7 Å². The van der Waals surface area contributed by atoms with Gasteiger partial charge < -0.3 is 20.3 Å². The van der Waals surface area contributed by atoms with E-state index in [1.165, 1.54) is 11.3 Å². The third-order valence-electron chi connectivity index (χ3n) is 4.81. The number of aliphatic imine (C=N–C) groups is 1. The number of nitrogens with one attached hydrogen (secondary N) is 2. The number of ether oxygens (including phenoxy) is 1. The SMILES string of the molecule is CN=C(NCc1ccc(C)c(OC)c1)NC1CCN(c2ccccc2)C1.I. The van der Waals surface area contributed by atoms with Gasteiger partial charge in [0.15, 0.2) is 5.96 Å². The second-order valence-corrected chi connectivity index (χ2v) is 6.64. The highest BCUT2D eigenvalue weighted by atomic mass is 127. The summed E-state index contributed by atoms with van der Waals surface area (Å²) < 4.78 is 5.40. The van der Waals surface area contributed by atoms with Crippen molar-refractivity contribution in [2.75, 3.05) is 32.1 Å². The zero-order valence-corrected chi connectivity index (χ0v) is 18.6. The molecule has 1 heterocycles. The third-order valence-corrected chi connectivity index (χ3v) is 4.81. The standard InChI is InChI=1S/C21H28N4O.HI/c1-16-9-10-17(13-20(16)26-3)14-23-21(22-2)24-18-11-12-25(15-18)19-7-5-4-6-8-19;/h4-10,13,18H,11-12,14-15H2,1-3H3,(H2,22,23,24);1H. The van der Waals surface area contributed by atoms with Gasteiger partial charge in [0.05, 0.1) is 7.11 Å². The number of para-hydroxylation sites is 1. The molecule has 1 aliphatic rings. The van der Waals surface area contributed by atoms with Crippen LogP contribution < -0.4 is 20.3 Å². The third kappa shape index (κ3) is 5.76. The molecule has 0 aliphatic carbocycles. The molecule has 3 rings (SSSR count). The molecule has 1 aliphatic heterocycles. The number of halogens is 1. The molecule has 2 N–H and O–H groups in total. The number of nitrogens with zero attached hydrogens (tertiary/aromatic N) is 2. The van der Waals surface area contributed by atoms with E-state index in [9.17, 15) is 0 Å². The van der Waals surface area contributed by atoms with Crippen molar-refractivity contribution in [2.45, 2.75) is 25.9 Å². The second kappa shape index (κ2) is 10.4. The maximum absolute atomic E-state index is 5.40. The summed E-state index contributed by atoms with van der Waals surface area (Å²) in [5.41, 5.74) is 3.60. The molecule has 0 saturated carbocycles. The van der Waals surface area contributed by atoms with E-state index in [1.807, 2.05) is 7.05 Å². The van der Waals surface area contributed by atoms with Crippen LogP contribution in [-0.2, 0) is 6.54 Å². The highest BCUT2D eigenvalue weighted by Crippen LogP contribution is 2.20. The van der Waals surface area contributed by atoms with Gasteiger partial charge >= 0.3 is 0 Å². The fraction of sp³-hybridized carbons (Fsp3) is 0.381. The molecule has 1 unspecified atom stereocenters. The number of guanidine groups is 1. The number of aryl methyl sites for hydroxylation is 1. The smallest absolute Gasteiger partial charge is 0.191 e. The molecule has 6 heteroatoms. The number of hydrogen-bond donors (Lipinski definition) is 2. The van der Waals surface area contributed by atoms with Gasteiger partial charge in [0.2, 0.25) is 0 Å². The van der Waals surface area contributed by atoms with Crippen LogP contribution in [0.2, 0.25) is 0 Å². The van der Waals surface area contributed by atoms with Crippen LogP contribution in [0.3, 0.4) is 0 Å². The Morgan fingerprint density at radius 2 is 2.00 bits per heavy atom. The molecule has 1 atom stereocenters. The zero-order valence-electron chi connectivity index (χ0n) is 16.2. The maximum Gasteiger partial charge on any atom is 0.191 e. The summed E-state index contributed by atoms with van der Waals surface area (Å²) in [5.74, 6) is 1.76. The molecule has 146 valence electrons. The van der Waals surface area contributed by atoms with Crippen molar-refractivity contribution in [3.05, 3.63) is 59.7 Å². The molecule has 0 aromatic heterocycles. The van der Waals surface area contributed by atoms with E-state index < -0.39 is 0 Å². The number of rotatable bonds is 5. The molecule has 0 bridgehead atoms. The largest absolute Gasteiger partial charge is 0.496 e. The van der Waals surface area contributed by atoms with Gasteiger partial charge in [-0.2, -0.15) is 0 Å². The molecular weight excluding hydrogens is 451 g/mol. The topological polar surface area (TPSA) is 48.9 Å². The van der Waals surface area contributed by atoms with Gasteiger partial charge in [0.1, 0.15) is 5.75 Å². The lowest BCUT2D eigenvalue weighted by Crippen LogP contribution is -2.44. The van der Waals surface area contributed by atoms with Crippen LogP contribution in [0.5, 0.6) is 5.75 Å². The minimum Gasteiger partial charge on any atom is -0.496 e. The van der Waals surface area contributed by atoms with Crippen LogP contribution >= 0.6 is 24.0 Å². The number of benzene rings is 2. The van der Waals surface area contributed by atoms with E-state index in [4.69, 9.17) is 4.74 Å². The van der Waals surface area contributed by atoms with Crippen LogP contribution in [0.1, 0.15) is 17.5 Å². The van der Waals surface area contributed by atoms with Gasteiger partial charge in [0, 0.05) is 38.4 Å². The first-order chi connectivity index (χ1) is 12.7. The van der Waals surface area contributed by atoms with E-state index in [1.54, 1.807) is 7.11 Å². The van der Waals surface area contributed by atoms with Gasteiger partial charge in [-0.25, -0.2) is 0 Å². The maximum atomic E-state index is 5.40. The summed E-state index contributed by atoms with van der Waals surface area (Å²) in [6.45, 7) is 4.82. The van der Waals surface area contributed by atoms with E-state index in [2.05, 4.69) is 76.0 Å². The van der Waals surface area contributed by atoms with Gasteiger partial charge in [-0.1, -0.05) is 30.3 Å². The summed E-state index contributed by atoms with van der Waals surface area (Å²) >= 11 is 0. The summed E-state index contributed by atoms with van der Waals surface area (Å²) in [7, 11) is 3.52. The zero-order chi connectivity index (χ0) is 18.4. The van der Waals surface area contributed by atoms with Crippen molar-refractivity contribution in [1.82, 2.24) is 10.6 Å². The molecular formula is C21H29IN4O. The van der Waals surface area contributed by atoms with Crippen molar-refractivity contribution in [2.24, 2.45) is 4.99 Å². The Morgan fingerprint density at radius 1 is 1.22 bits per heavy atom. The molecule has 5 nitrogen and oxygen atoms in total. The van der Waals surface area contributed by atoms with E-state index >= 15 is 0 Å². The predicted octanol–water partition coefficient (Wildman–Crippen LogP) is 3.57. The van der Waals surface area contributed by atoms with Crippen LogP contribution in [-0.4, -0.2) is 39.2 Å². The lowest BCUT2D eigenvalue weighted by atomic mass is 10.1. The average Bonchev–Trinajstić information content (AvgIpc) is 3.15. The number of methoxy groups -OCH3 is 1. The van der Waals surface area contributed by atoms with E-state index in [-0.39, 0.29) is 24.0 Å². The highest BCUT2D eigenvalue weighted by Gasteiger charge is 2.23. The van der Waals surface area contributed by atoms with Crippen LogP contribution in [0.15, 0.2) is 53.5 Å². The number of anilines is 1. The average molecular weight is 480 g/mol. The fourth-order valence-corrected chi connectivity index (χ4v) is 3.30. The summed E-state index contributed by atoms with van der Waals surface area (Å²) in [6, 6.07) is 17.2. The van der Waals surface area contributed by atoms with Gasteiger partial charge in [-0.3, -0.25) is 4.99 Å². The molecule has 2 aromatic carbocycles. The minimum absolute atomic E-state index is 0. The molecule has 2 aromatic rings. The van der Waals surface area contributed by atoms with Crippen LogP contribution in [0.25, 0.3) is 0 Å². The number of hydrogen-bond acceptors (Lipinski definition) is 3. The van der Waals surface area contributed by atoms with E-state index in [0.29, 0.717) is 12.6 Å². The summed E-state index contributed by atoms with van der Waals surface area (Å²) in [4.78, 5) is 6.78. The summed E-state index contributed by atoms with van der Waals surface area (Å²) in [5, 5.41) is 6.94. The molecule has 1 fully saturated rings. The summed E-state index contributed by atoms with van der Waals surface area (Å²) in [6.07, 6.45) is 1.11. The molecule has 0 spiro atoms. The van der Waals surface area contributed by atoms with E-state index in [0.717, 1.165) is 36.8 Å². The quantitative estimate of drug-likeness (QED) is 0.391. The Labute approximate surface area is 179 Å². The Kier molecular flexibility index (Phi) is 8.22. The molecule has 27 heavy (non-hydrogen) atoms. The molecule has 0 radical (unpaired) electrons. The van der Waals surface area contributed by atoms with Gasteiger partial charge in [0.25, 0.3) is 0 Å². The normalized spacial score (nSPS) is 16.6.